The van der Waals surface area contributed by atoms with Crippen molar-refractivity contribution in [2.75, 3.05) is 19.7 Å². The second kappa shape index (κ2) is 8.26. The van der Waals surface area contributed by atoms with Crippen molar-refractivity contribution in [2.24, 2.45) is 0 Å². The number of hydrogen-bond acceptors (Lipinski definition) is 4. The van der Waals surface area contributed by atoms with Crippen LogP contribution in [-0.4, -0.2) is 40.1 Å². The summed E-state index contributed by atoms with van der Waals surface area (Å²) in [5.41, 5.74) is 1.73. The molecular formula is C22H26N2O4S. The van der Waals surface area contributed by atoms with Gasteiger partial charge in [0.25, 0.3) is 5.91 Å². The van der Waals surface area contributed by atoms with Crippen molar-refractivity contribution in [2.45, 2.75) is 42.1 Å². The summed E-state index contributed by atoms with van der Waals surface area (Å²) in [7, 11) is -3.61. The molecule has 0 spiro atoms. The number of sulfonamides is 1. The molecule has 2 aliphatic rings. The smallest absolute Gasteiger partial charge is 0.251 e. The molecule has 1 aliphatic carbocycles. The van der Waals surface area contributed by atoms with Gasteiger partial charge in [0.05, 0.1) is 11.0 Å². The first-order valence-electron chi connectivity index (χ1n) is 10.0. The summed E-state index contributed by atoms with van der Waals surface area (Å²) in [6, 6.07) is 16.3. The molecule has 1 saturated carbocycles. The van der Waals surface area contributed by atoms with Crippen LogP contribution in [0, 0.1) is 0 Å². The Kier molecular flexibility index (Phi) is 5.72. The maximum absolute atomic E-state index is 12.5. The lowest BCUT2D eigenvalue weighted by molar-refractivity contribution is 0.0949. The fourth-order valence-corrected chi connectivity index (χ4v) is 4.80. The second-order valence-corrected chi connectivity index (χ2v) is 9.61. The third kappa shape index (κ3) is 4.69. The number of benzene rings is 2. The Balaban J connectivity index is 1.34. The summed E-state index contributed by atoms with van der Waals surface area (Å²) in [6.07, 6.45) is 3.89. The molecule has 2 aromatic carbocycles. The van der Waals surface area contributed by atoms with Crippen molar-refractivity contribution in [1.29, 1.82) is 0 Å². The van der Waals surface area contributed by atoms with Crippen LogP contribution in [0.4, 0.5) is 0 Å². The highest BCUT2D eigenvalue weighted by atomic mass is 32.2. The Morgan fingerprint density at radius 3 is 2.41 bits per heavy atom. The van der Waals surface area contributed by atoms with E-state index in [0.29, 0.717) is 18.7 Å². The van der Waals surface area contributed by atoms with Gasteiger partial charge in [-0.1, -0.05) is 30.3 Å². The van der Waals surface area contributed by atoms with E-state index in [1.807, 2.05) is 18.2 Å². The number of rotatable bonds is 8. The first-order chi connectivity index (χ1) is 14.0. The molecule has 2 aromatic rings. The van der Waals surface area contributed by atoms with Crippen LogP contribution in [0.25, 0.3) is 0 Å². The van der Waals surface area contributed by atoms with Crippen molar-refractivity contribution in [3.05, 3.63) is 65.7 Å². The lowest BCUT2D eigenvalue weighted by Crippen LogP contribution is -2.33. The van der Waals surface area contributed by atoms with Gasteiger partial charge in [-0.05, 0) is 55.5 Å². The number of hydrogen-bond donors (Lipinski definition) is 2. The van der Waals surface area contributed by atoms with E-state index < -0.39 is 10.0 Å². The van der Waals surface area contributed by atoms with Crippen LogP contribution in [0.15, 0.2) is 59.5 Å². The number of carbonyl (C=O) groups is 1. The number of amides is 1. The molecule has 1 aliphatic heterocycles. The highest BCUT2D eigenvalue weighted by molar-refractivity contribution is 7.89. The maximum Gasteiger partial charge on any atom is 0.251 e. The molecule has 2 fully saturated rings. The molecule has 6 nitrogen and oxygen atoms in total. The number of ether oxygens (including phenoxy) is 1. The summed E-state index contributed by atoms with van der Waals surface area (Å²) >= 11 is 0. The Labute approximate surface area is 171 Å². The van der Waals surface area contributed by atoms with E-state index >= 15 is 0 Å². The van der Waals surface area contributed by atoms with E-state index in [1.54, 1.807) is 12.1 Å². The Morgan fingerprint density at radius 2 is 1.79 bits per heavy atom. The molecule has 154 valence electrons. The quantitative estimate of drug-likeness (QED) is 0.695. The van der Waals surface area contributed by atoms with Gasteiger partial charge in [-0.2, -0.15) is 0 Å². The minimum absolute atomic E-state index is 0.0342. The molecule has 4 rings (SSSR count). The molecule has 1 amide bonds. The Morgan fingerprint density at radius 1 is 1.07 bits per heavy atom. The van der Waals surface area contributed by atoms with E-state index in [2.05, 4.69) is 22.2 Å². The van der Waals surface area contributed by atoms with Gasteiger partial charge in [0, 0.05) is 30.7 Å². The largest absolute Gasteiger partial charge is 0.377 e. The molecule has 2 N–H and O–H groups in total. The van der Waals surface area contributed by atoms with Gasteiger partial charge in [0.2, 0.25) is 10.0 Å². The average molecular weight is 415 g/mol. The maximum atomic E-state index is 12.5. The van der Waals surface area contributed by atoms with Gasteiger partial charge in [0.1, 0.15) is 0 Å². The van der Waals surface area contributed by atoms with Gasteiger partial charge >= 0.3 is 0 Å². The standard InChI is InChI=1S/C22H26N2O4S/c25-21(23-16-22(12-13-22)18-5-2-1-3-6-18)17-8-10-20(11-9-17)29(26,27)24-15-19-7-4-14-28-19/h1-3,5-6,8-11,19,24H,4,7,12-16H2,(H,23,25). The van der Waals surface area contributed by atoms with Crippen LogP contribution < -0.4 is 10.0 Å². The molecule has 29 heavy (non-hydrogen) atoms. The minimum atomic E-state index is -3.61. The molecule has 1 heterocycles. The van der Waals surface area contributed by atoms with Crippen LogP contribution in [-0.2, 0) is 20.2 Å². The van der Waals surface area contributed by atoms with Gasteiger partial charge in [-0.15, -0.1) is 0 Å². The van der Waals surface area contributed by atoms with Crippen LogP contribution >= 0.6 is 0 Å². The Bertz CT molecular complexity index is 948. The van der Waals surface area contributed by atoms with E-state index in [4.69, 9.17) is 4.74 Å². The monoisotopic (exact) mass is 414 g/mol. The van der Waals surface area contributed by atoms with Crippen molar-refractivity contribution in [1.82, 2.24) is 10.0 Å². The molecule has 7 heteroatoms. The zero-order valence-electron chi connectivity index (χ0n) is 16.3. The van der Waals surface area contributed by atoms with Crippen molar-refractivity contribution >= 4 is 15.9 Å². The summed E-state index contributed by atoms with van der Waals surface area (Å²) < 4.78 is 32.9. The zero-order chi connectivity index (χ0) is 20.3. The van der Waals surface area contributed by atoms with Crippen molar-refractivity contribution in [3.63, 3.8) is 0 Å². The molecule has 1 saturated heterocycles. The summed E-state index contributed by atoms with van der Waals surface area (Å²) in [6.45, 7) is 1.53. The highest BCUT2D eigenvalue weighted by Gasteiger charge is 2.44. The number of nitrogens with one attached hydrogen (secondary N) is 2. The molecule has 0 bridgehead atoms. The predicted octanol–water partition coefficient (Wildman–Crippen LogP) is 2.61. The normalized spacial score (nSPS) is 20.3. The van der Waals surface area contributed by atoms with Crippen molar-refractivity contribution in [3.8, 4) is 0 Å². The van der Waals surface area contributed by atoms with E-state index in [1.165, 1.54) is 17.7 Å². The van der Waals surface area contributed by atoms with E-state index in [-0.39, 0.29) is 28.9 Å². The van der Waals surface area contributed by atoms with Gasteiger partial charge in [-0.25, -0.2) is 13.1 Å². The molecule has 0 aromatic heterocycles. The third-order valence-electron chi connectivity index (χ3n) is 5.78. The number of carbonyl (C=O) groups excluding carboxylic acids is 1. The zero-order valence-corrected chi connectivity index (χ0v) is 17.1. The topological polar surface area (TPSA) is 84.5 Å². The van der Waals surface area contributed by atoms with Crippen LogP contribution in [0.3, 0.4) is 0 Å². The highest BCUT2D eigenvalue weighted by Crippen LogP contribution is 2.47. The molecule has 1 atom stereocenters. The van der Waals surface area contributed by atoms with E-state index in [9.17, 15) is 13.2 Å². The van der Waals surface area contributed by atoms with Crippen LogP contribution in [0.5, 0.6) is 0 Å². The lowest BCUT2D eigenvalue weighted by Gasteiger charge is -2.16. The minimum Gasteiger partial charge on any atom is -0.377 e. The average Bonchev–Trinajstić information content (AvgIpc) is 3.36. The fourth-order valence-electron chi connectivity index (χ4n) is 3.74. The lowest BCUT2D eigenvalue weighted by atomic mass is 9.96. The second-order valence-electron chi connectivity index (χ2n) is 7.84. The van der Waals surface area contributed by atoms with Crippen LogP contribution in [0.2, 0.25) is 0 Å². The summed E-state index contributed by atoms with van der Waals surface area (Å²) in [5.74, 6) is -0.191. The first kappa shape index (κ1) is 20.1. The molecular weight excluding hydrogens is 388 g/mol. The first-order valence-corrected chi connectivity index (χ1v) is 11.5. The predicted molar refractivity (Wildman–Crippen MR) is 110 cm³/mol. The van der Waals surface area contributed by atoms with Gasteiger partial charge in [0.15, 0.2) is 0 Å². The van der Waals surface area contributed by atoms with Gasteiger partial charge in [-0.3, -0.25) is 4.79 Å². The van der Waals surface area contributed by atoms with Gasteiger partial charge < -0.3 is 10.1 Å². The summed E-state index contributed by atoms with van der Waals surface area (Å²) in [5, 5.41) is 3.00. The molecule has 1 unspecified atom stereocenters. The third-order valence-corrected chi connectivity index (χ3v) is 7.22. The van der Waals surface area contributed by atoms with Crippen molar-refractivity contribution < 1.29 is 17.9 Å². The molecule has 0 radical (unpaired) electrons. The van der Waals surface area contributed by atoms with Crippen LogP contribution in [0.1, 0.15) is 41.6 Å². The SMILES string of the molecule is O=C(NCC1(c2ccccc2)CC1)c1ccc(S(=O)(=O)NCC2CCCO2)cc1. The van der Waals surface area contributed by atoms with E-state index in [0.717, 1.165) is 25.7 Å². The Hall–Kier alpha value is -2.22. The fraction of sp³-hybridized carbons (Fsp3) is 0.409. The summed E-state index contributed by atoms with van der Waals surface area (Å²) in [4.78, 5) is 12.7.